The Balaban J connectivity index is 2.02. The van der Waals surface area contributed by atoms with E-state index in [9.17, 15) is 4.79 Å². The maximum Gasteiger partial charge on any atom is 0.265 e. The van der Waals surface area contributed by atoms with Gasteiger partial charge in [0.15, 0.2) is 0 Å². The van der Waals surface area contributed by atoms with Crippen molar-refractivity contribution in [1.29, 1.82) is 0 Å². The van der Waals surface area contributed by atoms with Crippen LogP contribution < -0.4 is 10.9 Å². The van der Waals surface area contributed by atoms with Crippen LogP contribution in [0.15, 0.2) is 67.3 Å². The highest BCUT2D eigenvalue weighted by atomic mass is 16.2. The molecule has 0 aliphatic carbocycles. The Kier molecular flexibility index (Phi) is 5.29. The van der Waals surface area contributed by atoms with Crippen molar-refractivity contribution >= 4 is 5.91 Å². The van der Waals surface area contributed by atoms with Crippen molar-refractivity contribution in [1.82, 2.24) is 10.9 Å². The van der Waals surface area contributed by atoms with E-state index in [4.69, 9.17) is 0 Å². The molecule has 0 fully saturated rings. The van der Waals surface area contributed by atoms with Crippen LogP contribution in [-0.2, 0) is 0 Å². The Hall–Kier alpha value is -2.39. The lowest BCUT2D eigenvalue weighted by Crippen LogP contribution is -2.39. The summed E-state index contributed by atoms with van der Waals surface area (Å²) in [4.78, 5) is 12.0. The molecule has 1 atom stereocenters. The second-order valence-corrected chi connectivity index (χ2v) is 4.95. The predicted molar refractivity (Wildman–Crippen MR) is 85.8 cm³/mol. The van der Waals surface area contributed by atoms with Crippen molar-refractivity contribution in [3.8, 4) is 0 Å². The van der Waals surface area contributed by atoms with Crippen LogP contribution in [0, 0.1) is 6.92 Å². The molecule has 3 heteroatoms. The molecule has 0 spiro atoms. The third-order valence-electron chi connectivity index (χ3n) is 3.28. The number of aryl methyl sites for hydroxylation is 1. The van der Waals surface area contributed by atoms with E-state index >= 15 is 0 Å². The molecule has 0 saturated heterocycles. The molecule has 2 N–H and O–H groups in total. The van der Waals surface area contributed by atoms with Crippen LogP contribution in [0.3, 0.4) is 0 Å². The first-order chi connectivity index (χ1) is 10.2. The highest BCUT2D eigenvalue weighted by molar-refractivity contribution is 5.93. The largest absolute Gasteiger partial charge is 0.287 e. The first-order valence-corrected chi connectivity index (χ1v) is 6.99. The van der Waals surface area contributed by atoms with E-state index in [1.807, 2.05) is 24.3 Å². The fraction of sp³-hybridized carbons (Fsp3) is 0.167. The van der Waals surface area contributed by atoms with Gasteiger partial charge in [-0.1, -0.05) is 54.1 Å². The molecule has 2 aromatic carbocycles. The molecule has 0 saturated carbocycles. The number of amides is 1. The van der Waals surface area contributed by atoms with Gasteiger partial charge in [0, 0.05) is 5.56 Å². The van der Waals surface area contributed by atoms with Gasteiger partial charge in [-0.25, -0.2) is 5.43 Å². The number of hydrogen-bond acceptors (Lipinski definition) is 2. The molecular weight excluding hydrogens is 260 g/mol. The van der Waals surface area contributed by atoms with Crippen molar-refractivity contribution in [2.24, 2.45) is 0 Å². The number of benzene rings is 2. The quantitative estimate of drug-likeness (QED) is 0.627. The van der Waals surface area contributed by atoms with E-state index in [1.165, 1.54) is 5.56 Å². The maximum absolute atomic E-state index is 12.0. The molecule has 0 radical (unpaired) electrons. The zero-order chi connectivity index (χ0) is 15.1. The van der Waals surface area contributed by atoms with E-state index in [-0.39, 0.29) is 11.9 Å². The smallest absolute Gasteiger partial charge is 0.265 e. The Labute approximate surface area is 125 Å². The number of carbonyl (C=O) groups is 1. The fourth-order valence-corrected chi connectivity index (χ4v) is 2.06. The van der Waals surface area contributed by atoms with Gasteiger partial charge in [-0.2, -0.15) is 0 Å². The van der Waals surface area contributed by atoms with Crippen molar-refractivity contribution in [3.05, 3.63) is 83.9 Å². The third kappa shape index (κ3) is 4.29. The van der Waals surface area contributed by atoms with Crippen molar-refractivity contribution < 1.29 is 4.79 Å². The molecule has 1 unspecified atom stereocenters. The first kappa shape index (κ1) is 15.0. The van der Waals surface area contributed by atoms with Crippen LogP contribution in [0.5, 0.6) is 0 Å². The summed E-state index contributed by atoms with van der Waals surface area (Å²) in [6.07, 6.45) is 2.57. The molecule has 0 aliphatic heterocycles. The van der Waals surface area contributed by atoms with E-state index in [1.54, 1.807) is 12.1 Å². The summed E-state index contributed by atoms with van der Waals surface area (Å²) in [5, 5.41) is 0. The SMILES string of the molecule is C=CCC(NNC(=O)c1ccccc1)c1ccc(C)cc1. The van der Waals surface area contributed by atoms with Crippen LogP contribution in [0.2, 0.25) is 0 Å². The Morgan fingerprint density at radius 1 is 1.14 bits per heavy atom. The number of hydrogen-bond donors (Lipinski definition) is 2. The van der Waals surface area contributed by atoms with Gasteiger partial charge in [0.25, 0.3) is 5.91 Å². The standard InChI is InChI=1S/C18H20N2O/c1-3-7-17(15-12-10-14(2)11-13-15)19-20-18(21)16-8-5-4-6-9-16/h3-6,8-13,17,19H,1,7H2,2H3,(H,20,21). The summed E-state index contributed by atoms with van der Waals surface area (Å²) >= 11 is 0. The Morgan fingerprint density at radius 3 is 2.43 bits per heavy atom. The molecule has 2 aromatic rings. The van der Waals surface area contributed by atoms with Gasteiger partial charge in [0.05, 0.1) is 6.04 Å². The van der Waals surface area contributed by atoms with Crippen LogP contribution in [0.25, 0.3) is 0 Å². The van der Waals surface area contributed by atoms with Gasteiger partial charge in [0.2, 0.25) is 0 Å². The molecular formula is C18H20N2O. The minimum absolute atomic E-state index is 0.00997. The minimum Gasteiger partial charge on any atom is -0.287 e. The van der Waals surface area contributed by atoms with E-state index < -0.39 is 0 Å². The summed E-state index contributed by atoms with van der Waals surface area (Å²) in [7, 11) is 0. The van der Waals surface area contributed by atoms with Gasteiger partial charge in [0.1, 0.15) is 0 Å². The van der Waals surface area contributed by atoms with E-state index in [0.29, 0.717) is 5.56 Å². The normalized spacial score (nSPS) is 11.7. The van der Waals surface area contributed by atoms with Gasteiger partial charge in [-0.15, -0.1) is 6.58 Å². The molecule has 3 nitrogen and oxygen atoms in total. The van der Waals surface area contributed by atoms with Gasteiger partial charge in [-0.3, -0.25) is 10.2 Å². The minimum atomic E-state index is -0.142. The highest BCUT2D eigenvalue weighted by Gasteiger charge is 2.11. The van der Waals surface area contributed by atoms with Gasteiger partial charge >= 0.3 is 0 Å². The van der Waals surface area contributed by atoms with Crippen LogP contribution >= 0.6 is 0 Å². The molecule has 0 bridgehead atoms. The van der Waals surface area contributed by atoms with Crippen LogP contribution in [-0.4, -0.2) is 5.91 Å². The lowest BCUT2D eigenvalue weighted by Gasteiger charge is -2.18. The van der Waals surface area contributed by atoms with Gasteiger partial charge < -0.3 is 0 Å². The number of rotatable bonds is 6. The Morgan fingerprint density at radius 2 is 1.81 bits per heavy atom. The van der Waals surface area contributed by atoms with Crippen molar-refractivity contribution in [2.75, 3.05) is 0 Å². The lowest BCUT2D eigenvalue weighted by atomic mass is 10.0. The van der Waals surface area contributed by atoms with Crippen LogP contribution in [0.1, 0.15) is 33.9 Å². The molecule has 1 amide bonds. The van der Waals surface area contributed by atoms with E-state index in [2.05, 4.69) is 48.6 Å². The molecule has 0 aliphatic rings. The Bertz CT molecular complexity index is 590. The monoisotopic (exact) mass is 280 g/mol. The summed E-state index contributed by atoms with van der Waals surface area (Å²) in [6, 6.07) is 17.4. The average Bonchev–Trinajstić information content (AvgIpc) is 2.53. The maximum atomic E-state index is 12.0. The number of carbonyl (C=O) groups excluding carboxylic acids is 1. The molecule has 2 rings (SSSR count). The third-order valence-corrected chi connectivity index (χ3v) is 3.28. The summed E-state index contributed by atoms with van der Waals surface area (Å²) < 4.78 is 0. The summed E-state index contributed by atoms with van der Waals surface area (Å²) in [6.45, 7) is 5.83. The average molecular weight is 280 g/mol. The zero-order valence-electron chi connectivity index (χ0n) is 12.2. The molecule has 0 aromatic heterocycles. The zero-order valence-corrected chi connectivity index (χ0v) is 12.2. The second-order valence-electron chi connectivity index (χ2n) is 4.95. The molecule has 108 valence electrons. The fourth-order valence-electron chi connectivity index (χ4n) is 2.06. The number of nitrogens with one attached hydrogen (secondary N) is 2. The van der Waals surface area contributed by atoms with E-state index in [0.717, 1.165) is 12.0 Å². The lowest BCUT2D eigenvalue weighted by molar-refractivity contribution is 0.0925. The second kappa shape index (κ2) is 7.41. The van der Waals surface area contributed by atoms with Crippen LogP contribution in [0.4, 0.5) is 0 Å². The molecule has 21 heavy (non-hydrogen) atoms. The summed E-state index contributed by atoms with van der Waals surface area (Å²) in [5.74, 6) is -0.142. The summed E-state index contributed by atoms with van der Waals surface area (Å²) in [5.41, 5.74) is 8.81. The molecule has 0 heterocycles. The van der Waals surface area contributed by atoms with Gasteiger partial charge in [-0.05, 0) is 31.0 Å². The first-order valence-electron chi connectivity index (χ1n) is 6.99. The number of hydrazine groups is 1. The van der Waals surface area contributed by atoms with Crippen molar-refractivity contribution in [3.63, 3.8) is 0 Å². The predicted octanol–water partition coefficient (Wildman–Crippen LogP) is 3.55. The topological polar surface area (TPSA) is 41.1 Å². The van der Waals surface area contributed by atoms with Crippen molar-refractivity contribution in [2.45, 2.75) is 19.4 Å². The highest BCUT2D eigenvalue weighted by Crippen LogP contribution is 2.17.